The summed E-state index contributed by atoms with van der Waals surface area (Å²) >= 11 is 0. The fourth-order valence-electron chi connectivity index (χ4n) is 1.86. The molecule has 1 aliphatic rings. The summed E-state index contributed by atoms with van der Waals surface area (Å²) in [5.74, 6) is -2.26. The first-order valence-corrected chi connectivity index (χ1v) is 5.46. The second kappa shape index (κ2) is 4.69. The van der Waals surface area contributed by atoms with Gasteiger partial charge in [-0.1, -0.05) is 18.2 Å². The Morgan fingerprint density at radius 3 is 2.65 bits per heavy atom. The zero-order chi connectivity index (χ0) is 12.3. The molecule has 1 atom stereocenters. The summed E-state index contributed by atoms with van der Waals surface area (Å²) in [4.78, 5) is 11.4. The number of alkyl halides is 2. The molecule has 0 unspecified atom stereocenters. The summed E-state index contributed by atoms with van der Waals surface area (Å²) in [5.41, 5.74) is 0. The van der Waals surface area contributed by atoms with Crippen molar-refractivity contribution in [3.63, 3.8) is 0 Å². The van der Waals surface area contributed by atoms with Crippen LogP contribution in [-0.4, -0.2) is 18.1 Å². The maximum Gasteiger partial charge on any atom is 0.412 e. The predicted octanol–water partition coefficient (Wildman–Crippen LogP) is 2.96. The van der Waals surface area contributed by atoms with E-state index in [9.17, 15) is 13.6 Å². The molecular formula is C12H13F2NO2. The van der Waals surface area contributed by atoms with Crippen LogP contribution in [-0.2, 0) is 0 Å². The van der Waals surface area contributed by atoms with Crippen molar-refractivity contribution in [3.05, 3.63) is 30.3 Å². The van der Waals surface area contributed by atoms with Crippen molar-refractivity contribution in [2.24, 2.45) is 0 Å². The average Bonchev–Trinajstić information content (AvgIpc) is 2.59. The third kappa shape index (κ3) is 3.41. The molecule has 0 heterocycles. The number of rotatable bonds is 2. The van der Waals surface area contributed by atoms with Gasteiger partial charge >= 0.3 is 6.09 Å². The fourth-order valence-corrected chi connectivity index (χ4v) is 1.86. The van der Waals surface area contributed by atoms with Crippen molar-refractivity contribution < 1.29 is 18.3 Å². The molecule has 0 aromatic heterocycles. The van der Waals surface area contributed by atoms with E-state index in [0.717, 1.165) is 0 Å². The molecule has 1 saturated carbocycles. The van der Waals surface area contributed by atoms with Gasteiger partial charge in [0, 0.05) is 18.9 Å². The van der Waals surface area contributed by atoms with E-state index in [2.05, 4.69) is 5.32 Å². The third-order valence-corrected chi connectivity index (χ3v) is 2.68. The fraction of sp³-hybridized carbons (Fsp3) is 0.417. The Hall–Kier alpha value is -1.65. The summed E-state index contributed by atoms with van der Waals surface area (Å²) in [5, 5.41) is 2.44. The van der Waals surface area contributed by atoms with E-state index in [1.165, 1.54) is 0 Å². The van der Waals surface area contributed by atoms with Gasteiger partial charge in [0.05, 0.1) is 0 Å². The molecule has 0 saturated heterocycles. The summed E-state index contributed by atoms with van der Waals surface area (Å²) in [7, 11) is 0. The maximum absolute atomic E-state index is 12.9. The summed E-state index contributed by atoms with van der Waals surface area (Å²) in [6.45, 7) is 0. The number of carbonyl (C=O) groups is 1. The Morgan fingerprint density at radius 2 is 2.06 bits per heavy atom. The Kier molecular flexibility index (Phi) is 3.26. The van der Waals surface area contributed by atoms with Crippen molar-refractivity contribution in [2.45, 2.75) is 31.2 Å². The van der Waals surface area contributed by atoms with E-state index in [0.29, 0.717) is 5.75 Å². The van der Waals surface area contributed by atoms with Crippen molar-refractivity contribution in [3.8, 4) is 5.75 Å². The van der Waals surface area contributed by atoms with Gasteiger partial charge in [-0.15, -0.1) is 0 Å². The van der Waals surface area contributed by atoms with Crippen molar-refractivity contribution in [1.29, 1.82) is 0 Å². The molecule has 2 rings (SSSR count). The normalized spacial score (nSPS) is 22.1. The van der Waals surface area contributed by atoms with Crippen LogP contribution in [0.1, 0.15) is 19.3 Å². The Balaban J connectivity index is 1.83. The van der Waals surface area contributed by atoms with E-state index in [-0.39, 0.29) is 19.3 Å². The van der Waals surface area contributed by atoms with Crippen LogP contribution in [0, 0.1) is 0 Å². The molecule has 1 N–H and O–H groups in total. The number of benzene rings is 1. The number of carbonyl (C=O) groups excluding carboxylic acids is 1. The second-order valence-corrected chi connectivity index (χ2v) is 4.14. The smallest absolute Gasteiger partial charge is 0.410 e. The Bertz CT molecular complexity index is 395. The molecule has 17 heavy (non-hydrogen) atoms. The summed E-state index contributed by atoms with van der Waals surface area (Å²) < 4.78 is 30.7. The van der Waals surface area contributed by atoms with E-state index >= 15 is 0 Å². The lowest BCUT2D eigenvalue weighted by Crippen LogP contribution is -2.35. The molecule has 0 spiro atoms. The van der Waals surface area contributed by atoms with Crippen LogP contribution >= 0.6 is 0 Å². The van der Waals surface area contributed by atoms with Crippen LogP contribution in [0.2, 0.25) is 0 Å². The zero-order valence-electron chi connectivity index (χ0n) is 9.16. The molecule has 1 fully saturated rings. The minimum atomic E-state index is -2.66. The minimum Gasteiger partial charge on any atom is -0.410 e. The topological polar surface area (TPSA) is 38.3 Å². The van der Waals surface area contributed by atoms with Crippen LogP contribution in [0.25, 0.3) is 0 Å². The van der Waals surface area contributed by atoms with Crippen LogP contribution in [0.5, 0.6) is 5.75 Å². The van der Waals surface area contributed by atoms with Gasteiger partial charge in [-0.05, 0) is 18.6 Å². The van der Waals surface area contributed by atoms with Crippen LogP contribution < -0.4 is 10.1 Å². The minimum absolute atomic E-state index is 0.177. The lowest BCUT2D eigenvalue weighted by atomic mass is 10.2. The first-order chi connectivity index (χ1) is 8.05. The number of nitrogens with one attached hydrogen (secondary N) is 1. The number of amides is 1. The van der Waals surface area contributed by atoms with Gasteiger partial charge in [0.15, 0.2) is 0 Å². The van der Waals surface area contributed by atoms with Crippen LogP contribution in [0.15, 0.2) is 30.3 Å². The van der Waals surface area contributed by atoms with E-state index < -0.39 is 18.1 Å². The van der Waals surface area contributed by atoms with Gasteiger partial charge in [0.1, 0.15) is 5.75 Å². The molecule has 0 aliphatic heterocycles. The quantitative estimate of drug-likeness (QED) is 0.864. The Morgan fingerprint density at radius 1 is 1.35 bits per heavy atom. The van der Waals surface area contributed by atoms with Gasteiger partial charge in [0.2, 0.25) is 5.92 Å². The standard InChI is InChI=1S/C12H13F2NO2/c13-12(14)7-6-9(8-12)15-11(16)17-10-4-2-1-3-5-10/h1-5,9H,6-8H2,(H,15,16)/t9-/m1/s1. The lowest BCUT2D eigenvalue weighted by molar-refractivity contribution is 0.00717. The van der Waals surface area contributed by atoms with Crippen molar-refractivity contribution >= 4 is 6.09 Å². The lowest BCUT2D eigenvalue weighted by Gasteiger charge is -2.12. The molecule has 1 aromatic rings. The SMILES string of the molecule is O=C(N[C@@H]1CCC(F)(F)C1)Oc1ccccc1. The van der Waals surface area contributed by atoms with Crippen molar-refractivity contribution in [1.82, 2.24) is 5.32 Å². The van der Waals surface area contributed by atoms with E-state index in [1.807, 2.05) is 0 Å². The third-order valence-electron chi connectivity index (χ3n) is 2.68. The highest BCUT2D eigenvalue weighted by atomic mass is 19.3. The van der Waals surface area contributed by atoms with E-state index in [4.69, 9.17) is 4.74 Å². The Labute approximate surface area is 97.8 Å². The molecule has 1 amide bonds. The first kappa shape index (κ1) is 11.8. The van der Waals surface area contributed by atoms with Crippen molar-refractivity contribution in [2.75, 3.05) is 0 Å². The van der Waals surface area contributed by atoms with Gasteiger partial charge in [-0.2, -0.15) is 0 Å². The first-order valence-electron chi connectivity index (χ1n) is 5.46. The van der Waals surface area contributed by atoms with Gasteiger partial charge in [-0.25, -0.2) is 13.6 Å². The van der Waals surface area contributed by atoms with E-state index in [1.54, 1.807) is 30.3 Å². The second-order valence-electron chi connectivity index (χ2n) is 4.14. The zero-order valence-corrected chi connectivity index (χ0v) is 9.16. The number of halogens is 2. The highest BCUT2D eigenvalue weighted by molar-refractivity contribution is 5.70. The highest BCUT2D eigenvalue weighted by Gasteiger charge is 2.40. The highest BCUT2D eigenvalue weighted by Crippen LogP contribution is 2.34. The molecule has 1 aliphatic carbocycles. The number of hydrogen-bond acceptors (Lipinski definition) is 2. The van der Waals surface area contributed by atoms with Crippen LogP contribution in [0.3, 0.4) is 0 Å². The van der Waals surface area contributed by atoms with Crippen LogP contribution in [0.4, 0.5) is 13.6 Å². The number of para-hydroxylation sites is 1. The monoisotopic (exact) mass is 241 g/mol. The maximum atomic E-state index is 12.9. The van der Waals surface area contributed by atoms with Gasteiger partial charge < -0.3 is 10.1 Å². The molecule has 3 nitrogen and oxygen atoms in total. The summed E-state index contributed by atoms with van der Waals surface area (Å²) in [6, 6.07) is 8.01. The molecule has 1 aromatic carbocycles. The number of hydrogen-bond donors (Lipinski definition) is 1. The van der Waals surface area contributed by atoms with Gasteiger partial charge in [-0.3, -0.25) is 0 Å². The summed E-state index contributed by atoms with van der Waals surface area (Å²) in [6.07, 6.45) is -0.879. The molecule has 5 heteroatoms. The largest absolute Gasteiger partial charge is 0.412 e. The molecule has 92 valence electrons. The molecule has 0 bridgehead atoms. The average molecular weight is 241 g/mol. The predicted molar refractivity (Wildman–Crippen MR) is 58.2 cm³/mol. The number of ether oxygens (including phenoxy) is 1. The van der Waals surface area contributed by atoms with Gasteiger partial charge in [0.25, 0.3) is 0 Å². The molecular weight excluding hydrogens is 228 g/mol. The molecule has 0 radical (unpaired) electrons.